The van der Waals surface area contributed by atoms with Crippen LogP contribution in [0.5, 0.6) is 0 Å². The number of anilines is 1. The second kappa shape index (κ2) is 4.79. The van der Waals surface area contributed by atoms with Gasteiger partial charge in [0, 0.05) is 19.3 Å². The zero-order chi connectivity index (χ0) is 14.2. The third-order valence-corrected chi connectivity index (χ3v) is 3.66. The fourth-order valence-electron chi connectivity index (χ4n) is 2.57. The van der Waals surface area contributed by atoms with Crippen LogP contribution in [0.25, 0.3) is 5.65 Å². The van der Waals surface area contributed by atoms with Crippen LogP contribution in [0, 0.1) is 0 Å². The molecular weight excluding hydrogens is 258 g/mol. The minimum absolute atomic E-state index is 0.155. The second-order valence-corrected chi connectivity index (χ2v) is 5.30. The number of nitrogens with one attached hydrogen (secondary N) is 1. The molecule has 1 fully saturated rings. The normalized spacial score (nSPS) is 22.2. The summed E-state index contributed by atoms with van der Waals surface area (Å²) < 4.78 is 7.26. The van der Waals surface area contributed by atoms with Crippen molar-refractivity contribution in [3.63, 3.8) is 0 Å². The van der Waals surface area contributed by atoms with Crippen LogP contribution in [0.15, 0.2) is 24.4 Å². The topological polar surface area (TPSA) is 75.9 Å². The number of fused-ring (bicyclic) bond motifs is 1. The van der Waals surface area contributed by atoms with Gasteiger partial charge >= 0.3 is 5.97 Å². The van der Waals surface area contributed by atoms with Gasteiger partial charge in [0.25, 0.3) is 0 Å². The predicted molar refractivity (Wildman–Crippen MR) is 74.2 cm³/mol. The highest BCUT2D eigenvalue weighted by Crippen LogP contribution is 2.26. The number of aromatic carboxylic acids is 1. The molecule has 0 spiro atoms. The number of hydrogen-bond acceptors (Lipinski definition) is 4. The Bertz CT molecular complexity index is 644. The summed E-state index contributed by atoms with van der Waals surface area (Å²) in [5.41, 5.74) is 0.526. The molecule has 2 aromatic rings. The number of carboxylic acid groups (broad SMARTS) is 1. The molecule has 1 atom stereocenters. The fourth-order valence-corrected chi connectivity index (χ4v) is 2.57. The Hall–Kier alpha value is -2.08. The molecule has 1 saturated heterocycles. The molecule has 6 nitrogen and oxygen atoms in total. The summed E-state index contributed by atoms with van der Waals surface area (Å²) in [6, 6.07) is 5.40. The van der Waals surface area contributed by atoms with Crippen molar-refractivity contribution in [1.29, 1.82) is 0 Å². The van der Waals surface area contributed by atoms with E-state index >= 15 is 0 Å². The van der Waals surface area contributed by atoms with Crippen LogP contribution in [-0.4, -0.2) is 39.2 Å². The van der Waals surface area contributed by atoms with Gasteiger partial charge < -0.3 is 15.2 Å². The molecule has 1 aliphatic heterocycles. The standard InChI is InChI=1S/C14H17N3O3/c1-14(6-4-8-20-14)9-15-12-11(13(18)19)17-7-3-2-5-10(17)16-12/h2-3,5,7,15H,4,6,8-9H2,1H3,(H,18,19). The lowest BCUT2D eigenvalue weighted by Gasteiger charge is -2.23. The van der Waals surface area contributed by atoms with E-state index in [4.69, 9.17) is 4.74 Å². The lowest BCUT2D eigenvalue weighted by molar-refractivity contribution is 0.0314. The largest absolute Gasteiger partial charge is 0.476 e. The Kier molecular flexibility index (Phi) is 3.10. The Morgan fingerprint density at radius 2 is 2.45 bits per heavy atom. The zero-order valence-corrected chi connectivity index (χ0v) is 11.3. The SMILES string of the molecule is CC1(CNc2nc3ccccn3c2C(=O)O)CCCO1. The van der Waals surface area contributed by atoms with Gasteiger partial charge in [0.05, 0.1) is 5.60 Å². The van der Waals surface area contributed by atoms with E-state index in [2.05, 4.69) is 10.3 Å². The number of carboxylic acids is 1. The number of rotatable bonds is 4. The number of imidazole rings is 1. The minimum atomic E-state index is -0.997. The third kappa shape index (κ3) is 2.22. The first kappa shape index (κ1) is 12.9. The number of pyridine rings is 1. The second-order valence-electron chi connectivity index (χ2n) is 5.30. The Morgan fingerprint density at radius 3 is 3.15 bits per heavy atom. The summed E-state index contributed by atoms with van der Waals surface area (Å²) >= 11 is 0. The number of aromatic nitrogens is 2. The summed E-state index contributed by atoms with van der Waals surface area (Å²) in [4.78, 5) is 15.8. The van der Waals surface area contributed by atoms with Gasteiger partial charge in [-0.15, -0.1) is 0 Å². The lowest BCUT2D eigenvalue weighted by atomic mass is 10.0. The third-order valence-electron chi connectivity index (χ3n) is 3.66. The van der Waals surface area contributed by atoms with Gasteiger partial charge in [-0.25, -0.2) is 9.78 Å². The van der Waals surface area contributed by atoms with Crippen LogP contribution in [0.2, 0.25) is 0 Å². The van der Waals surface area contributed by atoms with Crippen molar-refractivity contribution >= 4 is 17.4 Å². The van der Waals surface area contributed by atoms with Gasteiger partial charge in [0.1, 0.15) is 5.65 Å². The van der Waals surface area contributed by atoms with Crippen molar-refractivity contribution < 1.29 is 14.6 Å². The van der Waals surface area contributed by atoms with Crippen LogP contribution >= 0.6 is 0 Å². The molecule has 3 rings (SSSR count). The molecule has 0 aromatic carbocycles. The summed E-state index contributed by atoms with van der Waals surface area (Å²) in [7, 11) is 0. The molecule has 3 heterocycles. The van der Waals surface area contributed by atoms with E-state index in [1.165, 1.54) is 0 Å². The molecule has 2 N–H and O–H groups in total. The molecule has 0 radical (unpaired) electrons. The molecule has 2 aromatic heterocycles. The molecule has 1 unspecified atom stereocenters. The maximum atomic E-state index is 11.4. The van der Waals surface area contributed by atoms with Gasteiger partial charge in [-0.05, 0) is 31.9 Å². The highest BCUT2D eigenvalue weighted by Gasteiger charge is 2.30. The number of ether oxygens (including phenoxy) is 1. The number of carbonyl (C=O) groups is 1. The van der Waals surface area contributed by atoms with Crippen molar-refractivity contribution in [2.24, 2.45) is 0 Å². The quantitative estimate of drug-likeness (QED) is 0.892. The Balaban J connectivity index is 1.90. The van der Waals surface area contributed by atoms with Crippen molar-refractivity contribution in [3.8, 4) is 0 Å². The molecule has 0 bridgehead atoms. The molecule has 6 heteroatoms. The van der Waals surface area contributed by atoms with Crippen LogP contribution in [0.1, 0.15) is 30.3 Å². The number of hydrogen-bond donors (Lipinski definition) is 2. The van der Waals surface area contributed by atoms with Crippen LogP contribution in [0.4, 0.5) is 5.82 Å². The molecule has 0 amide bonds. The van der Waals surface area contributed by atoms with Crippen LogP contribution in [0.3, 0.4) is 0 Å². The van der Waals surface area contributed by atoms with E-state index < -0.39 is 5.97 Å². The van der Waals surface area contributed by atoms with Crippen molar-refractivity contribution in [3.05, 3.63) is 30.1 Å². The van der Waals surface area contributed by atoms with E-state index in [0.717, 1.165) is 19.4 Å². The lowest BCUT2D eigenvalue weighted by Crippen LogP contribution is -2.33. The predicted octanol–water partition coefficient (Wildman–Crippen LogP) is 2.01. The summed E-state index contributed by atoms with van der Waals surface area (Å²) in [6.45, 7) is 3.34. The van der Waals surface area contributed by atoms with Crippen LogP contribution in [-0.2, 0) is 4.74 Å². The first-order chi connectivity index (χ1) is 9.59. The minimum Gasteiger partial charge on any atom is -0.476 e. The maximum Gasteiger partial charge on any atom is 0.356 e. The van der Waals surface area contributed by atoms with E-state index in [1.807, 2.05) is 13.0 Å². The summed E-state index contributed by atoms with van der Waals surface area (Å²) in [5, 5.41) is 12.5. The van der Waals surface area contributed by atoms with Gasteiger partial charge in [0.15, 0.2) is 11.5 Å². The summed E-state index contributed by atoms with van der Waals surface area (Å²) in [6.07, 6.45) is 3.70. The average Bonchev–Trinajstić information content (AvgIpc) is 3.00. The number of nitrogens with zero attached hydrogens (tertiary/aromatic N) is 2. The van der Waals surface area contributed by atoms with Crippen molar-refractivity contribution in [2.45, 2.75) is 25.4 Å². The van der Waals surface area contributed by atoms with Crippen LogP contribution < -0.4 is 5.32 Å². The zero-order valence-electron chi connectivity index (χ0n) is 11.3. The van der Waals surface area contributed by atoms with Gasteiger partial charge in [-0.1, -0.05) is 6.07 Å². The molecule has 0 saturated carbocycles. The molecule has 20 heavy (non-hydrogen) atoms. The van der Waals surface area contributed by atoms with Gasteiger partial charge in [0.2, 0.25) is 0 Å². The average molecular weight is 275 g/mol. The molecule has 0 aliphatic carbocycles. The van der Waals surface area contributed by atoms with E-state index in [-0.39, 0.29) is 11.3 Å². The monoisotopic (exact) mass is 275 g/mol. The van der Waals surface area contributed by atoms with E-state index in [0.29, 0.717) is 18.0 Å². The first-order valence-corrected chi connectivity index (χ1v) is 6.67. The Morgan fingerprint density at radius 1 is 1.60 bits per heavy atom. The van der Waals surface area contributed by atoms with E-state index in [9.17, 15) is 9.90 Å². The van der Waals surface area contributed by atoms with E-state index in [1.54, 1.807) is 22.7 Å². The first-order valence-electron chi connectivity index (χ1n) is 6.67. The van der Waals surface area contributed by atoms with Crippen molar-refractivity contribution in [2.75, 3.05) is 18.5 Å². The Labute approximate surface area is 116 Å². The smallest absolute Gasteiger partial charge is 0.356 e. The molecule has 1 aliphatic rings. The highest BCUT2D eigenvalue weighted by atomic mass is 16.5. The van der Waals surface area contributed by atoms with Crippen molar-refractivity contribution in [1.82, 2.24) is 9.38 Å². The molecular formula is C14H17N3O3. The highest BCUT2D eigenvalue weighted by molar-refractivity contribution is 5.92. The van der Waals surface area contributed by atoms with Gasteiger partial charge in [-0.3, -0.25) is 4.40 Å². The maximum absolute atomic E-state index is 11.4. The molecule has 106 valence electrons. The van der Waals surface area contributed by atoms with Gasteiger partial charge in [-0.2, -0.15) is 0 Å². The summed E-state index contributed by atoms with van der Waals surface area (Å²) in [5.74, 6) is -0.607. The fraction of sp³-hybridized carbons (Fsp3) is 0.429.